The minimum Gasteiger partial charge on any atom is -0.449 e. The van der Waals surface area contributed by atoms with Gasteiger partial charge >= 0.3 is 5.97 Å². The van der Waals surface area contributed by atoms with Gasteiger partial charge in [-0.2, -0.15) is 5.26 Å². The number of nitriles is 1. The minimum atomic E-state index is -0.680. The summed E-state index contributed by atoms with van der Waals surface area (Å²) < 4.78 is 4.60. The molecule has 0 unspecified atom stereocenters. The van der Waals surface area contributed by atoms with Crippen LogP contribution in [0.3, 0.4) is 0 Å². The predicted molar refractivity (Wildman–Crippen MR) is 49.0 cm³/mol. The molecule has 0 fully saturated rings. The van der Waals surface area contributed by atoms with Gasteiger partial charge < -0.3 is 10.1 Å². The summed E-state index contributed by atoms with van der Waals surface area (Å²) in [6, 6.07) is 1.01. The third-order valence-corrected chi connectivity index (χ3v) is 1.56. The number of hydrogen-bond acceptors (Lipinski definition) is 4. The Morgan fingerprint density at radius 3 is 2.43 bits per heavy atom. The summed E-state index contributed by atoms with van der Waals surface area (Å²) in [4.78, 5) is 22.0. The first-order chi connectivity index (χ1) is 6.49. The molecule has 1 atom stereocenters. The van der Waals surface area contributed by atoms with Crippen LogP contribution in [0.5, 0.6) is 0 Å². The van der Waals surface area contributed by atoms with E-state index >= 15 is 0 Å². The van der Waals surface area contributed by atoms with Crippen molar-refractivity contribution >= 4 is 11.9 Å². The highest BCUT2D eigenvalue weighted by molar-refractivity contribution is 5.83. The Bertz CT molecular complexity index is 255. The van der Waals surface area contributed by atoms with Crippen LogP contribution in [0.1, 0.15) is 20.8 Å². The molecule has 0 spiro atoms. The maximum Gasteiger partial charge on any atom is 0.329 e. The summed E-state index contributed by atoms with van der Waals surface area (Å²) in [5.41, 5.74) is 0. The Morgan fingerprint density at radius 2 is 2.07 bits per heavy atom. The van der Waals surface area contributed by atoms with Crippen molar-refractivity contribution in [1.82, 2.24) is 5.32 Å². The van der Waals surface area contributed by atoms with Crippen molar-refractivity contribution in [2.75, 3.05) is 6.61 Å². The summed E-state index contributed by atoms with van der Waals surface area (Å²) in [5.74, 6) is -0.931. The molecule has 5 heteroatoms. The van der Waals surface area contributed by atoms with E-state index in [0.717, 1.165) is 0 Å². The van der Waals surface area contributed by atoms with Gasteiger partial charge in [-0.25, -0.2) is 4.79 Å². The molecule has 5 nitrogen and oxygen atoms in total. The van der Waals surface area contributed by atoms with Crippen LogP contribution in [0.4, 0.5) is 0 Å². The highest BCUT2D eigenvalue weighted by Crippen LogP contribution is 2.03. The number of esters is 1. The number of amides is 1. The van der Waals surface area contributed by atoms with E-state index in [1.165, 1.54) is 6.92 Å². The molecule has 0 saturated heterocycles. The monoisotopic (exact) mass is 198 g/mol. The number of nitrogens with one attached hydrogen (secondary N) is 1. The first-order valence-corrected chi connectivity index (χ1v) is 4.29. The van der Waals surface area contributed by atoms with Crippen LogP contribution in [-0.2, 0) is 14.3 Å². The quantitative estimate of drug-likeness (QED) is 0.655. The second-order valence-electron chi connectivity index (χ2n) is 3.19. The van der Waals surface area contributed by atoms with Gasteiger partial charge in [0.2, 0.25) is 5.91 Å². The van der Waals surface area contributed by atoms with Gasteiger partial charge in [0.05, 0.1) is 0 Å². The minimum absolute atomic E-state index is 0.0647. The van der Waals surface area contributed by atoms with Gasteiger partial charge in [0.15, 0.2) is 6.61 Å². The van der Waals surface area contributed by atoms with Gasteiger partial charge in [0, 0.05) is 6.92 Å². The molecule has 0 rings (SSSR count). The highest BCUT2D eigenvalue weighted by Gasteiger charge is 2.24. The van der Waals surface area contributed by atoms with Crippen LogP contribution in [-0.4, -0.2) is 24.5 Å². The zero-order chi connectivity index (χ0) is 11.1. The molecular weight excluding hydrogens is 184 g/mol. The molecule has 78 valence electrons. The molecule has 0 heterocycles. The molecule has 0 aliphatic carbocycles. The lowest BCUT2D eigenvalue weighted by molar-refractivity contribution is -0.147. The SMILES string of the molecule is CC(=O)N[C@H](C(=O)OCC#N)C(C)C. The van der Waals surface area contributed by atoms with Gasteiger partial charge in [-0.3, -0.25) is 4.79 Å². The van der Waals surface area contributed by atoms with E-state index < -0.39 is 12.0 Å². The van der Waals surface area contributed by atoms with Crippen molar-refractivity contribution in [3.05, 3.63) is 0 Å². The zero-order valence-electron chi connectivity index (χ0n) is 8.53. The van der Waals surface area contributed by atoms with E-state index in [-0.39, 0.29) is 18.4 Å². The zero-order valence-corrected chi connectivity index (χ0v) is 8.53. The lowest BCUT2D eigenvalue weighted by atomic mass is 10.0. The van der Waals surface area contributed by atoms with Gasteiger partial charge in [0.1, 0.15) is 12.1 Å². The fourth-order valence-corrected chi connectivity index (χ4v) is 0.910. The maximum absolute atomic E-state index is 11.3. The molecular formula is C9H14N2O3. The third-order valence-electron chi connectivity index (χ3n) is 1.56. The molecule has 0 aromatic rings. The predicted octanol–water partition coefficient (Wildman–Crippen LogP) is 0.214. The molecule has 0 aliphatic rings. The van der Waals surface area contributed by atoms with E-state index in [2.05, 4.69) is 10.1 Å². The number of nitrogens with zero attached hydrogens (tertiary/aromatic N) is 1. The molecule has 1 N–H and O–H groups in total. The van der Waals surface area contributed by atoms with Crippen LogP contribution in [0, 0.1) is 17.2 Å². The fraction of sp³-hybridized carbons (Fsp3) is 0.667. The summed E-state index contributed by atoms with van der Waals surface area (Å²) in [6.45, 7) is 4.61. The maximum atomic E-state index is 11.3. The van der Waals surface area contributed by atoms with Crippen LogP contribution < -0.4 is 5.32 Å². The summed E-state index contributed by atoms with van der Waals surface area (Å²) in [7, 11) is 0. The van der Waals surface area contributed by atoms with Crippen LogP contribution in [0.2, 0.25) is 0 Å². The van der Waals surface area contributed by atoms with Crippen molar-refractivity contribution in [1.29, 1.82) is 5.26 Å². The number of carbonyl (C=O) groups is 2. The molecule has 0 bridgehead atoms. The number of rotatable bonds is 4. The Labute approximate surface area is 83.0 Å². The number of hydrogen-bond donors (Lipinski definition) is 1. The van der Waals surface area contributed by atoms with Crippen molar-refractivity contribution in [3.63, 3.8) is 0 Å². The first-order valence-electron chi connectivity index (χ1n) is 4.29. The summed E-state index contributed by atoms with van der Waals surface area (Å²) in [5, 5.41) is 10.7. The Kier molecular flexibility index (Phi) is 5.30. The van der Waals surface area contributed by atoms with E-state index in [9.17, 15) is 9.59 Å². The molecule has 14 heavy (non-hydrogen) atoms. The number of carbonyl (C=O) groups excluding carboxylic acids is 2. The Morgan fingerprint density at radius 1 is 1.50 bits per heavy atom. The van der Waals surface area contributed by atoms with Crippen molar-refractivity contribution in [2.45, 2.75) is 26.8 Å². The van der Waals surface area contributed by atoms with E-state index in [1.807, 2.05) is 0 Å². The molecule has 0 aromatic carbocycles. The smallest absolute Gasteiger partial charge is 0.329 e. The van der Waals surface area contributed by atoms with Crippen LogP contribution in [0.25, 0.3) is 0 Å². The first kappa shape index (κ1) is 12.4. The largest absolute Gasteiger partial charge is 0.449 e. The normalized spacial score (nSPS) is 11.6. The highest BCUT2D eigenvalue weighted by atomic mass is 16.5. The molecule has 0 saturated carbocycles. The van der Waals surface area contributed by atoms with E-state index in [1.54, 1.807) is 19.9 Å². The topological polar surface area (TPSA) is 79.2 Å². The van der Waals surface area contributed by atoms with Crippen molar-refractivity contribution in [2.24, 2.45) is 5.92 Å². The van der Waals surface area contributed by atoms with Crippen LogP contribution in [0.15, 0.2) is 0 Å². The third kappa shape index (κ3) is 4.45. The molecule has 0 aliphatic heterocycles. The van der Waals surface area contributed by atoms with E-state index in [0.29, 0.717) is 0 Å². The number of ether oxygens (including phenoxy) is 1. The molecule has 1 amide bonds. The fourth-order valence-electron chi connectivity index (χ4n) is 0.910. The lowest BCUT2D eigenvalue weighted by Gasteiger charge is -2.18. The van der Waals surface area contributed by atoms with Crippen molar-refractivity contribution in [3.8, 4) is 6.07 Å². The average molecular weight is 198 g/mol. The van der Waals surface area contributed by atoms with Crippen LogP contribution >= 0.6 is 0 Å². The van der Waals surface area contributed by atoms with Gasteiger partial charge in [-0.05, 0) is 5.92 Å². The summed E-state index contributed by atoms with van der Waals surface area (Å²) >= 11 is 0. The lowest BCUT2D eigenvalue weighted by Crippen LogP contribution is -2.44. The van der Waals surface area contributed by atoms with Crippen molar-refractivity contribution < 1.29 is 14.3 Å². The van der Waals surface area contributed by atoms with Gasteiger partial charge in [-0.15, -0.1) is 0 Å². The molecule has 0 aromatic heterocycles. The van der Waals surface area contributed by atoms with E-state index in [4.69, 9.17) is 5.26 Å². The molecule has 0 radical (unpaired) electrons. The Balaban J connectivity index is 4.27. The average Bonchev–Trinajstić information content (AvgIpc) is 2.09. The second-order valence-corrected chi connectivity index (χ2v) is 3.19. The Hall–Kier alpha value is -1.57. The summed E-state index contributed by atoms with van der Waals surface area (Å²) in [6.07, 6.45) is 0. The second kappa shape index (κ2) is 5.97. The standard InChI is InChI=1S/C9H14N2O3/c1-6(2)8(11-7(3)12)9(13)14-5-4-10/h6,8H,5H2,1-3H3,(H,11,12)/t8-/m0/s1. The van der Waals surface area contributed by atoms with Gasteiger partial charge in [-0.1, -0.05) is 13.8 Å². The van der Waals surface area contributed by atoms with Gasteiger partial charge in [0.25, 0.3) is 0 Å².